The Morgan fingerprint density at radius 1 is 1.13 bits per heavy atom. The minimum atomic E-state index is -4.41. The molecule has 30 heavy (non-hydrogen) atoms. The molecule has 2 aromatic rings. The van der Waals surface area contributed by atoms with Crippen LogP contribution in [0.2, 0.25) is 0 Å². The van der Waals surface area contributed by atoms with Crippen LogP contribution in [0.5, 0.6) is 0 Å². The molecule has 162 valence electrons. The highest BCUT2D eigenvalue weighted by atomic mass is 19.4. The zero-order chi connectivity index (χ0) is 21.9. The lowest BCUT2D eigenvalue weighted by molar-refractivity contribution is -0.137. The first-order chi connectivity index (χ1) is 14.1. The third-order valence-corrected chi connectivity index (χ3v) is 5.30. The number of anilines is 2. The molecular weight excluding hydrogens is 400 g/mol. The largest absolute Gasteiger partial charge is 0.417 e. The highest BCUT2D eigenvalue weighted by molar-refractivity contribution is 5.94. The highest BCUT2D eigenvalue weighted by Gasteiger charge is 2.31. The van der Waals surface area contributed by atoms with Crippen LogP contribution in [0.15, 0.2) is 36.5 Å². The molecule has 0 aliphatic carbocycles. The van der Waals surface area contributed by atoms with Crippen LogP contribution in [-0.4, -0.2) is 48.0 Å². The summed E-state index contributed by atoms with van der Waals surface area (Å²) in [5, 5.41) is 2.74. The number of amides is 1. The Morgan fingerprint density at radius 2 is 1.90 bits per heavy atom. The number of aryl methyl sites for hydroxylation is 1. The minimum absolute atomic E-state index is 0.237. The lowest BCUT2D eigenvalue weighted by Crippen LogP contribution is -2.44. The van der Waals surface area contributed by atoms with E-state index in [1.54, 1.807) is 26.0 Å². The van der Waals surface area contributed by atoms with Crippen LogP contribution in [-0.2, 0) is 11.0 Å². The summed E-state index contributed by atoms with van der Waals surface area (Å²) < 4.78 is 51.9. The van der Waals surface area contributed by atoms with E-state index in [0.717, 1.165) is 18.7 Å². The van der Waals surface area contributed by atoms with Crippen molar-refractivity contribution in [2.24, 2.45) is 0 Å². The Balaban J connectivity index is 1.59. The van der Waals surface area contributed by atoms with Gasteiger partial charge in [-0.2, -0.15) is 13.2 Å². The van der Waals surface area contributed by atoms with Gasteiger partial charge in [0, 0.05) is 38.1 Å². The van der Waals surface area contributed by atoms with Gasteiger partial charge in [-0.15, -0.1) is 0 Å². The van der Waals surface area contributed by atoms with Crippen LogP contribution in [0.1, 0.15) is 24.5 Å². The molecule has 1 aromatic heterocycles. The zero-order valence-corrected chi connectivity index (χ0v) is 16.8. The van der Waals surface area contributed by atoms with Crippen LogP contribution in [0.4, 0.5) is 29.1 Å². The van der Waals surface area contributed by atoms with Crippen molar-refractivity contribution in [2.75, 3.05) is 36.4 Å². The van der Waals surface area contributed by atoms with Crippen molar-refractivity contribution in [3.63, 3.8) is 0 Å². The van der Waals surface area contributed by atoms with Crippen LogP contribution in [0, 0.1) is 12.7 Å². The fraction of sp³-hybridized carbons (Fsp3) is 0.429. The number of carbonyl (C=O) groups is 1. The van der Waals surface area contributed by atoms with Crippen molar-refractivity contribution in [2.45, 2.75) is 32.5 Å². The average molecular weight is 424 g/mol. The van der Waals surface area contributed by atoms with E-state index in [2.05, 4.69) is 10.3 Å². The summed E-state index contributed by atoms with van der Waals surface area (Å²) in [6.07, 6.45) is -2.83. The summed E-state index contributed by atoms with van der Waals surface area (Å²) in [6.45, 7) is 5.82. The number of hydrogen-bond acceptors (Lipinski definition) is 4. The zero-order valence-electron chi connectivity index (χ0n) is 16.8. The third kappa shape index (κ3) is 5.27. The van der Waals surface area contributed by atoms with Crippen LogP contribution < -0.4 is 10.2 Å². The molecule has 1 amide bonds. The molecule has 1 aromatic carbocycles. The van der Waals surface area contributed by atoms with Gasteiger partial charge in [-0.05, 0) is 50.1 Å². The first-order valence-electron chi connectivity index (χ1n) is 9.74. The van der Waals surface area contributed by atoms with E-state index in [1.807, 2.05) is 9.80 Å². The predicted molar refractivity (Wildman–Crippen MR) is 107 cm³/mol. The van der Waals surface area contributed by atoms with E-state index < -0.39 is 17.8 Å². The van der Waals surface area contributed by atoms with Gasteiger partial charge in [-0.1, -0.05) is 6.07 Å². The second-order valence-electron chi connectivity index (χ2n) is 7.41. The van der Waals surface area contributed by atoms with Gasteiger partial charge >= 0.3 is 6.18 Å². The number of nitrogens with zero attached hydrogens (tertiary/aromatic N) is 3. The maximum Gasteiger partial charge on any atom is 0.417 e. The average Bonchev–Trinajstić information content (AvgIpc) is 2.96. The smallest absolute Gasteiger partial charge is 0.355 e. The van der Waals surface area contributed by atoms with E-state index in [0.29, 0.717) is 43.2 Å². The number of rotatable bonds is 4. The lowest BCUT2D eigenvalue weighted by atomic mass is 10.2. The first-order valence-corrected chi connectivity index (χ1v) is 9.74. The Morgan fingerprint density at radius 3 is 2.53 bits per heavy atom. The van der Waals surface area contributed by atoms with Crippen molar-refractivity contribution in [1.82, 2.24) is 9.88 Å². The number of pyridine rings is 1. The summed E-state index contributed by atoms with van der Waals surface area (Å²) in [7, 11) is 0. The van der Waals surface area contributed by atoms with Crippen LogP contribution in [0.3, 0.4) is 0 Å². The van der Waals surface area contributed by atoms with Crippen LogP contribution in [0.25, 0.3) is 0 Å². The van der Waals surface area contributed by atoms with Crippen molar-refractivity contribution in [3.8, 4) is 0 Å². The number of nitrogens with one attached hydrogen (secondary N) is 1. The Hall–Kier alpha value is -2.68. The van der Waals surface area contributed by atoms with Crippen molar-refractivity contribution >= 4 is 17.4 Å². The monoisotopic (exact) mass is 424 g/mol. The molecule has 0 bridgehead atoms. The Kier molecular flexibility index (Phi) is 6.60. The molecule has 0 radical (unpaired) electrons. The van der Waals surface area contributed by atoms with Gasteiger partial charge in [0.25, 0.3) is 0 Å². The number of halogens is 4. The number of alkyl halides is 3. The molecule has 3 rings (SSSR count). The maximum absolute atomic E-state index is 13.7. The molecule has 0 saturated carbocycles. The standard InChI is InChI=1S/C21H24F4N4O/c1-14-4-6-17(12-18(14)22)27-20(30)15(2)28-8-3-9-29(11-10-28)19-7-5-16(13-26-19)21(23,24)25/h4-7,12-13,15H,3,8-11H2,1-2H3,(H,27,30). The van der Waals surface area contributed by atoms with Gasteiger partial charge in [0.1, 0.15) is 11.6 Å². The molecule has 1 unspecified atom stereocenters. The second kappa shape index (κ2) is 8.99. The molecule has 1 aliphatic rings. The van der Waals surface area contributed by atoms with Gasteiger partial charge in [-0.25, -0.2) is 9.37 Å². The highest BCUT2D eigenvalue weighted by Crippen LogP contribution is 2.29. The van der Waals surface area contributed by atoms with Crippen molar-refractivity contribution < 1.29 is 22.4 Å². The number of carbonyl (C=O) groups excluding carboxylic acids is 1. The molecule has 1 saturated heterocycles. The molecule has 9 heteroatoms. The predicted octanol–water partition coefficient (Wildman–Crippen LogP) is 4.09. The molecule has 5 nitrogen and oxygen atoms in total. The van der Waals surface area contributed by atoms with Gasteiger partial charge in [0.2, 0.25) is 5.91 Å². The number of hydrogen-bond donors (Lipinski definition) is 1. The fourth-order valence-electron chi connectivity index (χ4n) is 3.38. The lowest BCUT2D eigenvalue weighted by Gasteiger charge is -2.27. The minimum Gasteiger partial charge on any atom is -0.355 e. The van der Waals surface area contributed by atoms with E-state index in [4.69, 9.17) is 0 Å². The third-order valence-electron chi connectivity index (χ3n) is 5.30. The van der Waals surface area contributed by atoms with E-state index in [9.17, 15) is 22.4 Å². The summed E-state index contributed by atoms with van der Waals surface area (Å²) in [5.41, 5.74) is 0.131. The fourth-order valence-corrected chi connectivity index (χ4v) is 3.38. The first kappa shape index (κ1) is 22.0. The normalized spacial score (nSPS) is 16.8. The van der Waals surface area contributed by atoms with Gasteiger partial charge < -0.3 is 10.2 Å². The number of benzene rings is 1. The molecule has 1 atom stereocenters. The SMILES string of the molecule is Cc1ccc(NC(=O)C(C)N2CCCN(c3ccc(C(F)(F)F)cn3)CC2)cc1F. The van der Waals surface area contributed by atoms with Crippen molar-refractivity contribution in [1.29, 1.82) is 0 Å². The maximum atomic E-state index is 13.7. The molecular formula is C21H24F4N4O. The van der Waals surface area contributed by atoms with Gasteiger partial charge in [0.05, 0.1) is 11.6 Å². The molecule has 0 spiro atoms. The molecule has 1 aliphatic heterocycles. The summed E-state index contributed by atoms with van der Waals surface area (Å²) in [4.78, 5) is 20.5. The van der Waals surface area contributed by atoms with Crippen molar-refractivity contribution in [3.05, 3.63) is 53.5 Å². The Bertz CT molecular complexity index is 886. The quantitative estimate of drug-likeness (QED) is 0.752. The molecule has 1 fully saturated rings. The van der Waals surface area contributed by atoms with E-state index in [1.165, 1.54) is 12.1 Å². The van der Waals surface area contributed by atoms with E-state index in [-0.39, 0.29) is 11.7 Å². The Labute approximate surface area is 172 Å². The summed E-state index contributed by atoms with van der Waals surface area (Å²) in [5.74, 6) is -0.133. The van der Waals surface area contributed by atoms with E-state index >= 15 is 0 Å². The van der Waals surface area contributed by atoms with Gasteiger partial charge in [-0.3, -0.25) is 9.69 Å². The molecule has 1 N–H and O–H groups in total. The van der Waals surface area contributed by atoms with Gasteiger partial charge in [0.15, 0.2) is 0 Å². The number of aromatic nitrogens is 1. The summed E-state index contributed by atoms with van der Waals surface area (Å²) in [6, 6.07) is 6.53. The van der Waals surface area contributed by atoms with Crippen LogP contribution >= 0.6 is 0 Å². The summed E-state index contributed by atoms with van der Waals surface area (Å²) >= 11 is 0. The topological polar surface area (TPSA) is 48.5 Å². The second-order valence-corrected chi connectivity index (χ2v) is 7.41. The molecule has 2 heterocycles.